The molecule has 150 valence electrons. The van der Waals surface area contributed by atoms with E-state index in [0.29, 0.717) is 27.1 Å². The second-order valence-electron chi connectivity index (χ2n) is 5.83. The van der Waals surface area contributed by atoms with E-state index in [1.165, 1.54) is 7.11 Å². The molecule has 0 unspecified atom stereocenters. The first-order chi connectivity index (χ1) is 14.0. The van der Waals surface area contributed by atoms with Gasteiger partial charge >= 0.3 is 11.9 Å². The average molecular weight is 460 g/mol. The smallest absolute Gasteiger partial charge is 0.363 e. The van der Waals surface area contributed by atoms with Crippen LogP contribution in [0.4, 0.5) is 0 Å². The summed E-state index contributed by atoms with van der Waals surface area (Å²) in [6, 6.07) is 12.6. The molecule has 0 saturated heterocycles. The molecule has 1 heterocycles. The summed E-state index contributed by atoms with van der Waals surface area (Å²) in [5.41, 5.74) is 1.52. The van der Waals surface area contributed by atoms with Crippen LogP contribution < -0.4 is 9.47 Å². The molecule has 29 heavy (non-hydrogen) atoms. The van der Waals surface area contributed by atoms with Gasteiger partial charge in [-0.3, -0.25) is 0 Å². The van der Waals surface area contributed by atoms with Gasteiger partial charge in [0.15, 0.2) is 23.8 Å². The number of halogens is 1. The highest BCUT2D eigenvalue weighted by atomic mass is 79.9. The molecule has 0 saturated carbocycles. The molecule has 3 rings (SSSR count). The number of aliphatic imine (C=N–C) groups is 1. The molecular formula is C21H18BrNO6. The number of benzene rings is 2. The highest BCUT2D eigenvalue weighted by Crippen LogP contribution is 2.37. The first-order valence-electron chi connectivity index (χ1n) is 8.75. The maximum atomic E-state index is 12.2. The summed E-state index contributed by atoms with van der Waals surface area (Å²) in [6.07, 6.45) is 1.58. The van der Waals surface area contributed by atoms with E-state index in [2.05, 4.69) is 20.9 Å². The monoisotopic (exact) mass is 459 g/mol. The van der Waals surface area contributed by atoms with Gasteiger partial charge in [0.25, 0.3) is 0 Å². The molecule has 1 aliphatic heterocycles. The molecule has 0 spiro atoms. The Morgan fingerprint density at radius 2 is 2.00 bits per heavy atom. The first-order valence-corrected chi connectivity index (χ1v) is 9.55. The highest BCUT2D eigenvalue weighted by Gasteiger charge is 2.24. The van der Waals surface area contributed by atoms with Gasteiger partial charge in [0, 0.05) is 5.56 Å². The Morgan fingerprint density at radius 1 is 1.24 bits per heavy atom. The molecule has 2 aromatic carbocycles. The number of rotatable bonds is 7. The predicted molar refractivity (Wildman–Crippen MR) is 110 cm³/mol. The van der Waals surface area contributed by atoms with Gasteiger partial charge < -0.3 is 18.9 Å². The molecule has 1 aliphatic rings. The number of methoxy groups -OCH3 is 1. The Kier molecular flexibility index (Phi) is 6.66. The highest BCUT2D eigenvalue weighted by molar-refractivity contribution is 9.10. The number of carbonyl (C=O) groups is 2. The van der Waals surface area contributed by atoms with E-state index in [1.807, 2.05) is 30.3 Å². The fraction of sp³-hybridized carbons (Fsp3) is 0.190. The minimum atomic E-state index is -0.540. The van der Waals surface area contributed by atoms with Gasteiger partial charge in [-0.05, 0) is 58.8 Å². The lowest BCUT2D eigenvalue weighted by atomic mass is 10.1. The van der Waals surface area contributed by atoms with Crippen LogP contribution in [0, 0.1) is 0 Å². The number of ether oxygens (including phenoxy) is 4. The van der Waals surface area contributed by atoms with Crippen LogP contribution in [-0.2, 0) is 19.1 Å². The van der Waals surface area contributed by atoms with Crippen molar-refractivity contribution in [1.82, 2.24) is 0 Å². The zero-order valence-electron chi connectivity index (χ0n) is 15.8. The SMILES string of the molecule is CCOC(=O)COc1c(Br)cc(/C=C2\N=C(c3ccccc3)OC2=O)cc1OC. The third-order valence-electron chi connectivity index (χ3n) is 3.84. The maximum Gasteiger partial charge on any atom is 0.363 e. The first kappa shape index (κ1) is 20.6. The molecule has 0 bridgehead atoms. The molecule has 0 amide bonds. The Labute approximate surface area is 176 Å². The normalized spacial score (nSPS) is 14.4. The molecule has 0 aromatic heterocycles. The zero-order chi connectivity index (χ0) is 20.8. The van der Waals surface area contributed by atoms with Gasteiger partial charge in [0.05, 0.1) is 18.2 Å². The lowest BCUT2D eigenvalue weighted by Crippen LogP contribution is -2.15. The third kappa shape index (κ3) is 5.03. The van der Waals surface area contributed by atoms with Gasteiger partial charge in [-0.1, -0.05) is 18.2 Å². The molecule has 8 heteroatoms. The molecule has 7 nitrogen and oxygen atoms in total. The number of hydrogen-bond acceptors (Lipinski definition) is 7. The molecule has 0 N–H and O–H groups in total. The van der Waals surface area contributed by atoms with E-state index in [1.54, 1.807) is 25.1 Å². The van der Waals surface area contributed by atoms with Gasteiger partial charge in [0.1, 0.15) is 0 Å². The van der Waals surface area contributed by atoms with Crippen molar-refractivity contribution in [3.8, 4) is 11.5 Å². The summed E-state index contributed by atoms with van der Waals surface area (Å²) in [6.45, 7) is 1.74. The Balaban J connectivity index is 1.86. The van der Waals surface area contributed by atoms with E-state index < -0.39 is 11.9 Å². The average Bonchev–Trinajstić information content (AvgIpc) is 3.08. The topological polar surface area (TPSA) is 83.4 Å². The quantitative estimate of drug-likeness (QED) is 0.463. The van der Waals surface area contributed by atoms with Crippen LogP contribution >= 0.6 is 15.9 Å². The van der Waals surface area contributed by atoms with Crippen molar-refractivity contribution >= 4 is 39.8 Å². The minimum absolute atomic E-state index is 0.165. The van der Waals surface area contributed by atoms with Crippen LogP contribution in [-0.4, -0.2) is 38.2 Å². The van der Waals surface area contributed by atoms with Crippen molar-refractivity contribution in [3.05, 3.63) is 63.8 Å². The molecule has 0 radical (unpaired) electrons. The second-order valence-corrected chi connectivity index (χ2v) is 6.68. The number of carbonyl (C=O) groups excluding carboxylic acids is 2. The Bertz CT molecular complexity index is 984. The zero-order valence-corrected chi connectivity index (χ0v) is 17.4. The second kappa shape index (κ2) is 9.38. The Morgan fingerprint density at radius 3 is 2.69 bits per heavy atom. The van der Waals surface area contributed by atoms with Crippen LogP contribution in [0.25, 0.3) is 6.08 Å². The van der Waals surface area contributed by atoms with Gasteiger partial charge in [-0.2, -0.15) is 0 Å². The van der Waals surface area contributed by atoms with Crippen LogP contribution in [0.2, 0.25) is 0 Å². The lowest BCUT2D eigenvalue weighted by Gasteiger charge is -2.13. The van der Waals surface area contributed by atoms with Crippen molar-refractivity contribution in [1.29, 1.82) is 0 Å². The number of nitrogens with zero attached hydrogens (tertiary/aromatic N) is 1. The van der Waals surface area contributed by atoms with E-state index in [-0.39, 0.29) is 24.8 Å². The predicted octanol–water partition coefficient (Wildman–Crippen LogP) is 3.74. The van der Waals surface area contributed by atoms with Crippen molar-refractivity contribution in [2.24, 2.45) is 4.99 Å². The summed E-state index contributed by atoms with van der Waals surface area (Å²) in [5.74, 6) is -0.0349. The summed E-state index contributed by atoms with van der Waals surface area (Å²) in [4.78, 5) is 28.0. The van der Waals surface area contributed by atoms with Gasteiger partial charge in [-0.15, -0.1) is 0 Å². The molecule has 0 fully saturated rings. The number of hydrogen-bond donors (Lipinski definition) is 0. The molecular weight excluding hydrogens is 442 g/mol. The number of esters is 2. The van der Waals surface area contributed by atoms with Gasteiger partial charge in [-0.25, -0.2) is 14.6 Å². The van der Waals surface area contributed by atoms with Crippen LogP contribution in [0.3, 0.4) is 0 Å². The summed E-state index contributed by atoms with van der Waals surface area (Å²) in [5, 5.41) is 0. The molecule has 0 atom stereocenters. The van der Waals surface area contributed by atoms with Gasteiger partial charge in [0.2, 0.25) is 5.90 Å². The Hall–Kier alpha value is -3.13. The van der Waals surface area contributed by atoms with E-state index in [0.717, 1.165) is 0 Å². The maximum absolute atomic E-state index is 12.2. The van der Waals surface area contributed by atoms with E-state index in [9.17, 15) is 9.59 Å². The third-order valence-corrected chi connectivity index (χ3v) is 4.43. The fourth-order valence-electron chi connectivity index (χ4n) is 2.57. The number of cyclic esters (lactones) is 1. The van der Waals surface area contributed by atoms with Crippen LogP contribution in [0.1, 0.15) is 18.1 Å². The summed E-state index contributed by atoms with van der Waals surface area (Å²) < 4.78 is 21.5. The van der Waals surface area contributed by atoms with Crippen molar-refractivity contribution in [2.75, 3.05) is 20.3 Å². The molecule has 0 aliphatic carbocycles. The lowest BCUT2D eigenvalue weighted by molar-refractivity contribution is -0.145. The largest absolute Gasteiger partial charge is 0.493 e. The standard InChI is InChI=1S/C21H18BrNO6/c1-3-27-18(24)12-28-19-15(22)9-13(11-17(19)26-2)10-16-21(25)29-20(23-16)14-7-5-4-6-8-14/h4-11H,3,12H2,1-2H3/b16-10-. The van der Waals surface area contributed by atoms with Crippen molar-refractivity contribution in [2.45, 2.75) is 6.92 Å². The van der Waals surface area contributed by atoms with Crippen LogP contribution in [0.15, 0.2) is 57.6 Å². The van der Waals surface area contributed by atoms with Crippen LogP contribution in [0.5, 0.6) is 11.5 Å². The molecule has 2 aromatic rings. The summed E-state index contributed by atoms with van der Waals surface area (Å²) in [7, 11) is 1.48. The van der Waals surface area contributed by atoms with Crippen molar-refractivity contribution in [3.63, 3.8) is 0 Å². The van der Waals surface area contributed by atoms with E-state index in [4.69, 9.17) is 18.9 Å². The minimum Gasteiger partial charge on any atom is -0.493 e. The van der Waals surface area contributed by atoms with E-state index >= 15 is 0 Å². The summed E-state index contributed by atoms with van der Waals surface area (Å²) >= 11 is 3.40. The van der Waals surface area contributed by atoms with Crippen molar-refractivity contribution < 1.29 is 28.5 Å². The fourth-order valence-corrected chi connectivity index (χ4v) is 3.14.